The molecule has 29 heteroatoms. The van der Waals surface area contributed by atoms with Crippen molar-refractivity contribution in [3.8, 4) is 5.75 Å². The van der Waals surface area contributed by atoms with Gasteiger partial charge < -0.3 is 79.4 Å². The van der Waals surface area contributed by atoms with Crippen molar-refractivity contribution >= 4 is 87.9 Å². The van der Waals surface area contributed by atoms with Gasteiger partial charge in [-0.05, 0) is 149 Å². The van der Waals surface area contributed by atoms with Crippen LogP contribution in [-0.2, 0) is 80.1 Å². The number of aliphatic carboxylic acids is 1. The van der Waals surface area contributed by atoms with E-state index in [1.165, 1.54) is 31.2 Å². The zero-order valence-electron chi connectivity index (χ0n) is 60.9. The van der Waals surface area contributed by atoms with E-state index in [-0.39, 0.29) is 148 Å². The number of nitrogens with one attached hydrogen (secondary N) is 7. The third-order valence-corrected chi connectivity index (χ3v) is 17.9. The Kier molecular flexibility index (Phi) is 32.8. The fourth-order valence-electron chi connectivity index (χ4n) is 12.5. The fourth-order valence-corrected chi connectivity index (χ4v) is 12.5. The number of primary amides is 1. The second-order valence-electron chi connectivity index (χ2n) is 29.6. The number of allylic oxidation sites excluding steroid dienone is 3. The van der Waals surface area contributed by atoms with Crippen molar-refractivity contribution in [1.29, 1.82) is 0 Å². The van der Waals surface area contributed by atoms with Crippen LogP contribution in [0.5, 0.6) is 5.75 Å². The molecule has 2 aromatic rings. The second kappa shape index (κ2) is 40.0. The van der Waals surface area contributed by atoms with E-state index in [0.29, 0.717) is 67.6 Å². The van der Waals surface area contributed by atoms with E-state index in [1.807, 2.05) is 55.4 Å². The molecule has 0 radical (unpaired) electrons. The van der Waals surface area contributed by atoms with E-state index in [0.717, 1.165) is 4.90 Å². The number of phenolic OH excluding ortho intramolecular Hbond substituents is 1. The summed E-state index contributed by atoms with van der Waals surface area (Å²) >= 11 is 0. The van der Waals surface area contributed by atoms with Gasteiger partial charge in [-0.15, -0.1) is 0 Å². The van der Waals surface area contributed by atoms with Gasteiger partial charge in [-0.2, -0.15) is 0 Å². The summed E-state index contributed by atoms with van der Waals surface area (Å²) < 4.78 is 5.55. The van der Waals surface area contributed by atoms with Gasteiger partial charge >= 0.3 is 11.9 Å². The first-order valence-corrected chi connectivity index (χ1v) is 35.6. The highest BCUT2D eigenvalue weighted by Gasteiger charge is 2.42. The number of carboxylic acids is 1. The molecule has 1 aliphatic heterocycles. The number of hydrogen-bond donors (Lipinski definition) is 13. The maximum Gasteiger partial charge on any atom is 0.306 e. The summed E-state index contributed by atoms with van der Waals surface area (Å²) in [6.45, 7) is 17.2. The molecule has 0 unspecified atom stereocenters. The van der Waals surface area contributed by atoms with Crippen molar-refractivity contribution in [2.24, 2.45) is 44.9 Å². The molecule has 8 atom stereocenters. The molecule has 1 saturated carbocycles. The Bertz CT molecular complexity index is 3450. The minimum absolute atomic E-state index is 0.00225. The highest BCUT2D eigenvalue weighted by atomic mass is 16.5. The molecule has 3 aliphatic rings. The van der Waals surface area contributed by atoms with Crippen LogP contribution in [0.15, 0.2) is 76.5 Å². The minimum Gasteiger partial charge on any atom is -0.511 e. The summed E-state index contributed by atoms with van der Waals surface area (Å²) in [5, 5.41) is 50.0. The number of hydrogen-bond acceptors (Lipinski definition) is 20. The molecule has 0 bridgehead atoms. The number of carbonyl (C=O) groups is 13. The quantitative estimate of drug-likeness (QED) is 0.0148. The molecule has 1 saturated heterocycles. The van der Waals surface area contributed by atoms with Crippen LogP contribution in [0.1, 0.15) is 183 Å². The largest absolute Gasteiger partial charge is 0.511 e. The van der Waals surface area contributed by atoms with Crippen molar-refractivity contribution in [3.63, 3.8) is 0 Å². The minimum atomic E-state index is -1.86. The first-order chi connectivity index (χ1) is 48.5. The number of aliphatic imine (C=N–C) groups is 1. The maximum absolute atomic E-state index is 14.7. The van der Waals surface area contributed by atoms with Crippen LogP contribution >= 0.6 is 0 Å². The summed E-state index contributed by atoms with van der Waals surface area (Å²) in [5.74, 6) is -10.0. The number of carbonyl (C=O) groups excluding carboxylic acids is 12. The van der Waals surface area contributed by atoms with Gasteiger partial charge in [0.25, 0.3) is 0 Å². The Hall–Kier alpha value is -9.22. The predicted molar refractivity (Wildman–Crippen MR) is 383 cm³/mol. The van der Waals surface area contributed by atoms with Crippen LogP contribution in [-0.4, -0.2) is 177 Å². The van der Waals surface area contributed by atoms with Crippen LogP contribution in [0, 0.1) is 22.7 Å². The molecule has 2 aliphatic carbocycles. The number of ketones is 3. The Labute approximate surface area is 602 Å². The van der Waals surface area contributed by atoms with Crippen LogP contribution in [0.3, 0.4) is 0 Å². The predicted octanol–water partition coefficient (Wildman–Crippen LogP) is 3.80. The normalized spacial score (nSPS) is 18.0. The summed E-state index contributed by atoms with van der Waals surface area (Å²) in [7, 11) is 0. The topological polar surface area (TPSA) is 470 Å². The van der Waals surface area contributed by atoms with Gasteiger partial charge in [-0.3, -0.25) is 67.3 Å². The number of ether oxygens (including phenoxy) is 1. The monoisotopic (exact) mass is 1440 g/mol. The third kappa shape index (κ3) is 27.8. The molecule has 29 nitrogen and oxygen atoms in total. The SMILES string of the molecule is CC(C)CC(=Nc1ccc(COC(=O)CC[C@H](NC(=O)[C@H](C)N)C(=O)N[C@H](Cc2ccc(O)cc2)C(=O)N[C@H](CC(=O)O)C(=O)N2CCC[C@H]2C(=O)N[C@H](CCCCN)C(=O)N[C@@H](CC(C)C)C(=O)N[C@@H](CCCCNCC=C2C(=O)CC(C)(C)CC2=O)C(N)=O)cc1)C1=C(O)CC(C)(C)CC1=O. The number of nitrogens with zero attached hydrogens (tertiary/aromatic N) is 2. The summed E-state index contributed by atoms with van der Waals surface area (Å²) in [6, 6.07) is 1.09. The molecule has 16 N–H and O–H groups in total. The summed E-state index contributed by atoms with van der Waals surface area (Å²) in [6.07, 6.45) is 3.33. The molecule has 5 rings (SSSR count). The van der Waals surface area contributed by atoms with E-state index in [2.05, 4.69) is 37.2 Å². The lowest BCUT2D eigenvalue weighted by Gasteiger charge is -2.31. The van der Waals surface area contributed by atoms with Crippen molar-refractivity contribution < 1.29 is 82.4 Å². The standard InChI is InChI=1S/C74H108N12O17/c1-42(2)33-53(64-60(90)39-74(8,9)40-61(64)91)79-47-22-18-46(19-23-47)41-103-63(94)27-26-52(81-66(96)44(5)76)68(98)84-55(35-45-20-24-48(87)25-21-45)70(100)85-56(36-62(92)93)72(102)86-32-14-17-57(86)71(101)82-51(16-10-12-29-75)67(97)83-54(34-43(3)4)69(99)80-50(65(77)95)15-11-13-30-78-31-28-49-58(88)37-73(6,7)38-59(49)89/h18-25,28,42-44,50-52,54-57,78,87,90H,10-17,26-27,29-41,75-76H2,1-9H3,(H2,77,95)(H,80,99)(H,81,96)(H,82,101)(H,83,97)(H,84,98)(H,85,100)(H,92,93)/t44-,50-,51+,52-,54-,55+,56+,57-/m0/s1. The van der Waals surface area contributed by atoms with Crippen molar-refractivity contribution in [2.45, 2.75) is 233 Å². The van der Waals surface area contributed by atoms with E-state index >= 15 is 0 Å². The number of likely N-dealkylation sites (tertiary alicyclic amines) is 1. The number of Topliss-reactive ketones (excluding diaryl/α,β-unsaturated/α-hetero) is 3. The van der Waals surface area contributed by atoms with E-state index in [9.17, 15) is 77.6 Å². The third-order valence-electron chi connectivity index (χ3n) is 17.9. The van der Waals surface area contributed by atoms with E-state index in [1.54, 1.807) is 30.3 Å². The number of benzene rings is 2. The number of phenols is 1. The molecule has 1 heterocycles. The lowest BCUT2D eigenvalue weighted by molar-refractivity contribution is -0.146. The highest BCUT2D eigenvalue weighted by Crippen LogP contribution is 2.38. The van der Waals surface area contributed by atoms with Crippen molar-refractivity contribution in [3.05, 3.63) is 82.6 Å². The Morgan fingerprint density at radius 1 is 0.641 bits per heavy atom. The lowest BCUT2D eigenvalue weighted by atomic mass is 9.74. The molecule has 0 spiro atoms. The van der Waals surface area contributed by atoms with E-state index in [4.69, 9.17) is 26.9 Å². The molecular weight excluding hydrogens is 1330 g/mol. The number of amides is 8. The zero-order valence-corrected chi connectivity index (χ0v) is 60.9. The van der Waals surface area contributed by atoms with Crippen molar-refractivity contribution in [2.75, 3.05) is 26.2 Å². The Balaban J connectivity index is 1.26. The molecule has 2 aromatic carbocycles. The molecule has 0 aromatic heterocycles. The second-order valence-corrected chi connectivity index (χ2v) is 29.6. The Morgan fingerprint density at radius 2 is 1.18 bits per heavy atom. The van der Waals surface area contributed by atoms with Gasteiger partial charge in [0.2, 0.25) is 47.3 Å². The van der Waals surface area contributed by atoms with Gasteiger partial charge in [0.15, 0.2) is 17.3 Å². The molecule has 103 heavy (non-hydrogen) atoms. The number of nitrogens with two attached hydrogens (primary N) is 3. The number of aromatic hydroxyl groups is 1. The molecular formula is C74H108N12O17. The average molecular weight is 1440 g/mol. The number of aliphatic hydroxyl groups is 1. The number of aliphatic hydroxyl groups excluding tert-OH is 1. The average Bonchev–Trinajstić information content (AvgIpc) is 0.986. The van der Waals surface area contributed by atoms with Crippen LogP contribution < -0.4 is 54.4 Å². The summed E-state index contributed by atoms with van der Waals surface area (Å²) in [5.41, 5.74) is 19.0. The molecule has 8 amide bonds. The first-order valence-electron chi connectivity index (χ1n) is 35.6. The zero-order chi connectivity index (χ0) is 76.5. The molecule has 2 fully saturated rings. The first kappa shape index (κ1) is 84.4. The van der Waals surface area contributed by atoms with Gasteiger partial charge in [0.05, 0.1) is 35.0 Å². The van der Waals surface area contributed by atoms with Crippen LogP contribution in [0.4, 0.5) is 5.69 Å². The Morgan fingerprint density at radius 3 is 1.78 bits per heavy atom. The fraction of sp³-hybridized carbons (Fsp3) is 0.595. The number of unbranched alkanes of at least 4 members (excludes halogenated alkanes) is 2. The maximum atomic E-state index is 14.7. The number of carboxylic acid groups (broad SMARTS) is 1. The van der Waals surface area contributed by atoms with Crippen LogP contribution in [0.2, 0.25) is 0 Å². The van der Waals surface area contributed by atoms with Crippen LogP contribution in [0.25, 0.3) is 0 Å². The van der Waals surface area contributed by atoms with Gasteiger partial charge in [-0.25, -0.2) is 0 Å². The lowest BCUT2D eigenvalue weighted by Crippen LogP contribution is -2.60. The molecule has 566 valence electrons. The number of rotatable bonds is 40. The van der Waals surface area contributed by atoms with Crippen molar-refractivity contribution in [1.82, 2.24) is 42.1 Å². The smallest absolute Gasteiger partial charge is 0.306 e. The van der Waals surface area contributed by atoms with E-state index < -0.39 is 126 Å². The summed E-state index contributed by atoms with van der Waals surface area (Å²) in [4.78, 5) is 182. The van der Waals surface area contributed by atoms with Gasteiger partial charge in [0, 0.05) is 51.6 Å². The number of esters is 1. The van der Waals surface area contributed by atoms with Gasteiger partial charge in [-0.1, -0.05) is 85.7 Å². The highest BCUT2D eigenvalue weighted by molar-refractivity contribution is 6.24. The van der Waals surface area contributed by atoms with Gasteiger partial charge in [0.1, 0.15) is 60.4 Å².